The molecule has 4 heteroatoms. The fourth-order valence-corrected chi connectivity index (χ4v) is 1.26. The molecule has 1 aromatic carbocycles. The molecule has 14 heavy (non-hydrogen) atoms. The van der Waals surface area contributed by atoms with Gasteiger partial charge in [0.1, 0.15) is 17.2 Å². The van der Waals surface area contributed by atoms with Crippen LogP contribution in [0.2, 0.25) is 0 Å². The van der Waals surface area contributed by atoms with E-state index in [0.717, 1.165) is 12.1 Å². The van der Waals surface area contributed by atoms with Gasteiger partial charge in [-0.05, 0) is 18.5 Å². The third-order valence-electron chi connectivity index (χ3n) is 1.88. The quantitative estimate of drug-likeness (QED) is 0.583. The Balaban J connectivity index is 3.14. The fraction of sp³-hybridized carbons (Fsp3) is 0.200. The first-order valence-corrected chi connectivity index (χ1v) is 4.19. The average molecular weight is 195 g/mol. The molecular weight excluding hydrogens is 182 g/mol. The lowest BCUT2D eigenvalue weighted by Gasteiger charge is -2.09. The molecule has 0 saturated carbocycles. The summed E-state index contributed by atoms with van der Waals surface area (Å²) in [6, 6.07) is 2.30. The summed E-state index contributed by atoms with van der Waals surface area (Å²) >= 11 is 0. The van der Waals surface area contributed by atoms with Crippen molar-refractivity contribution in [3.63, 3.8) is 0 Å². The van der Waals surface area contributed by atoms with Crippen LogP contribution in [0.5, 0.6) is 17.2 Å². The van der Waals surface area contributed by atoms with Crippen LogP contribution in [-0.4, -0.2) is 21.9 Å². The lowest BCUT2D eigenvalue weighted by atomic mass is 10.0. The van der Waals surface area contributed by atoms with Crippen molar-refractivity contribution in [2.24, 2.45) is 5.73 Å². The number of aromatic hydroxyl groups is 3. The zero-order chi connectivity index (χ0) is 10.7. The van der Waals surface area contributed by atoms with Gasteiger partial charge in [-0.2, -0.15) is 0 Å². The summed E-state index contributed by atoms with van der Waals surface area (Å²) in [7, 11) is 0. The number of hydrogen-bond acceptors (Lipinski definition) is 4. The van der Waals surface area contributed by atoms with Crippen LogP contribution in [0.1, 0.15) is 12.0 Å². The van der Waals surface area contributed by atoms with Gasteiger partial charge < -0.3 is 21.1 Å². The van der Waals surface area contributed by atoms with E-state index in [1.807, 2.05) is 0 Å². The standard InChI is InChI=1S/C10H13NO3/c1-6(2-3-11)10-8(13)4-7(12)5-9(10)14/h4-5,12-14H,1-3,11H2. The minimum absolute atomic E-state index is 0.190. The maximum Gasteiger partial charge on any atom is 0.130 e. The lowest BCUT2D eigenvalue weighted by Crippen LogP contribution is -1.99. The Labute approximate surface area is 81.9 Å². The van der Waals surface area contributed by atoms with Gasteiger partial charge in [-0.15, -0.1) is 0 Å². The molecule has 0 aromatic heterocycles. The van der Waals surface area contributed by atoms with E-state index < -0.39 is 0 Å². The Morgan fingerprint density at radius 1 is 1.21 bits per heavy atom. The maximum absolute atomic E-state index is 9.45. The minimum Gasteiger partial charge on any atom is -0.508 e. The Morgan fingerprint density at radius 3 is 2.14 bits per heavy atom. The van der Waals surface area contributed by atoms with Crippen molar-refractivity contribution in [2.75, 3.05) is 6.54 Å². The number of phenols is 3. The molecule has 1 aromatic rings. The Hall–Kier alpha value is -1.68. The molecule has 0 radical (unpaired) electrons. The van der Waals surface area contributed by atoms with Crippen LogP contribution < -0.4 is 5.73 Å². The Kier molecular flexibility index (Phi) is 2.99. The van der Waals surface area contributed by atoms with Crippen molar-refractivity contribution in [2.45, 2.75) is 6.42 Å². The van der Waals surface area contributed by atoms with Crippen LogP contribution in [0.3, 0.4) is 0 Å². The van der Waals surface area contributed by atoms with Crippen LogP contribution in [0.25, 0.3) is 5.57 Å². The number of benzene rings is 1. The largest absolute Gasteiger partial charge is 0.508 e. The Bertz CT molecular complexity index is 337. The van der Waals surface area contributed by atoms with Gasteiger partial charge in [-0.25, -0.2) is 0 Å². The van der Waals surface area contributed by atoms with E-state index in [0.29, 0.717) is 18.5 Å². The molecule has 0 amide bonds. The first-order chi connectivity index (χ1) is 6.56. The van der Waals surface area contributed by atoms with Gasteiger partial charge in [0.05, 0.1) is 5.56 Å². The van der Waals surface area contributed by atoms with Crippen molar-refractivity contribution in [1.29, 1.82) is 0 Å². The first kappa shape index (κ1) is 10.4. The molecule has 0 spiro atoms. The molecule has 5 N–H and O–H groups in total. The van der Waals surface area contributed by atoms with Crippen LogP contribution in [0.4, 0.5) is 0 Å². The fourth-order valence-electron chi connectivity index (χ4n) is 1.26. The van der Waals surface area contributed by atoms with E-state index in [2.05, 4.69) is 6.58 Å². The molecule has 4 nitrogen and oxygen atoms in total. The second-order valence-electron chi connectivity index (χ2n) is 3.00. The molecule has 0 aliphatic carbocycles. The van der Waals surface area contributed by atoms with E-state index in [4.69, 9.17) is 10.8 Å². The van der Waals surface area contributed by atoms with Gasteiger partial charge in [0, 0.05) is 12.1 Å². The second-order valence-corrected chi connectivity index (χ2v) is 3.00. The zero-order valence-corrected chi connectivity index (χ0v) is 7.70. The molecule has 0 aliphatic rings. The molecule has 76 valence electrons. The molecule has 0 saturated heterocycles. The molecule has 0 fully saturated rings. The van der Waals surface area contributed by atoms with Gasteiger partial charge in [0.15, 0.2) is 0 Å². The second kappa shape index (κ2) is 4.02. The highest BCUT2D eigenvalue weighted by Gasteiger charge is 2.11. The predicted molar refractivity (Wildman–Crippen MR) is 54.1 cm³/mol. The van der Waals surface area contributed by atoms with E-state index >= 15 is 0 Å². The summed E-state index contributed by atoms with van der Waals surface area (Å²) in [5.41, 5.74) is 6.11. The van der Waals surface area contributed by atoms with Gasteiger partial charge in [-0.1, -0.05) is 6.58 Å². The van der Waals surface area contributed by atoms with Gasteiger partial charge in [0.25, 0.3) is 0 Å². The van der Waals surface area contributed by atoms with E-state index in [1.54, 1.807) is 0 Å². The minimum atomic E-state index is -0.194. The summed E-state index contributed by atoms with van der Waals surface area (Å²) in [5, 5.41) is 28.0. The van der Waals surface area contributed by atoms with Crippen LogP contribution in [0, 0.1) is 0 Å². The van der Waals surface area contributed by atoms with Crippen molar-refractivity contribution in [1.82, 2.24) is 0 Å². The molecule has 0 unspecified atom stereocenters. The van der Waals surface area contributed by atoms with Gasteiger partial charge in [0.2, 0.25) is 0 Å². The molecule has 0 aliphatic heterocycles. The number of phenolic OH excluding ortho intramolecular Hbond substituents is 3. The topological polar surface area (TPSA) is 86.7 Å². The highest BCUT2D eigenvalue weighted by atomic mass is 16.3. The summed E-state index contributed by atoms with van der Waals surface area (Å²) in [6.45, 7) is 4.07. The number of rotatable bonds is 3. The SMILES string of the molecule is C=C(CCN)c1c(O)cc(O)cc1O. The normalized spacial score (nSPS) is 10.1. The average Bonchev–Trinajstić information content (AvgIpc) is 2.01. The zero-order valence-electron chi connectivity index (χ0n) is 7.70. The highest BCUT2D eigenvalue weighted by Crippen LogP contribution is 2.37. The molecular formula is C10H13NO3. The number of nitrogens with two attached hydrogens (primary N) is 1. The Morgan fingerprint density at radius 2 is 1.71 bits per heavy atom. The summed E-state index contributed by atoms with van der Waals surface area (Å²) in [6.07, 6.45) is 0.478. The number of hydrogen-bond donors (Lipinski definition) is 4. The maximum atomic E-state index is 9.45. The third kappa shape index (κ3) is 1.97. The van der Waals surface area contributed by atoms with E-state index in [1.165, 1.54) is 0 Å². The van der Waals surface area contributed by atoms with Crippen LogP contribution in [0.15, 0.2) is 18.7 Å². The monoisotopic (exact) mass is 195 g/mol. The summed E-state index contributed by atoms with van der Waals surface area (Å²) in [5.74, 6) is -0.578. The van der Waals surface area contributed by atoms with Crippen molar-refractivity contribution >= 4 is 5.57 Å². The first-order valence-electron chi connectivity index (χ1n) is 4.19. The van der Waals surface area contributed by atoms with Gasteiger partial charge in [-0.3, -0.25) is 0 Å². The van der Waals surface area contributed by atoms with Gasteiger partial charge >= 0.3 is 0 Å². The third-order valence-corrected chi connectivity index (χ3v) is 1.88. The van der Waals surface area contributed by atoms with Crippen molar-refractivity contribution in [3.8, 4) is 17.2 Å². The van der Waals surface area contributed by atoms with Crippen LogP contribution >= 0.6 is 0 Å². The van der Waals surface area contributed by atoms with Crippen molar-refractivity contribution < 1.29 is 15.3 Å². The molecule has 0 heterocycles. The predicted octanol–water partition coefficient (Wildman–Crippen LogP) is 1.17. The lowest BCUT2D eigenvalue weighted by molar-refractivity contribution is 0.425. The molecule has 0 atom stereocenters. The van der Waals surface area contributed by atoms with E-state index in [-0.39, 0.29) is 22.8 Å². The van der Waals surface area contributed by atoms with Crippen molar-refractivity contribution in [3.05, 3.63) is 24.3 Å². The molecule has 1 rings (SSSR count). The van der Waals surface area contributed by atoms with Crippen LogP contribution in [-0.2, 0) is 0 Å². The summed E-state index contributed by atoms with van der Waals surface area (Å²) in [4.78, 5) is 0. The molecule has 0 bridgehead atoms. The highest BCUT2D eigenvalue weighted by molar-refractivity contribution is 5.74. The summed E-state index contributed by atoms with van der Waals surface area (Å²) < 4.78 is 0. The smallest absolute Gasteiger partial charge is 0.130 e. The van der Waals surface area contributed by atoms with E-state index in [9.17, 15) is 10.2 Å².